The third kappa shape index (κ3) is 4.09. The van der Waals surface area contributed by atoms with Crippen molar-refractivity contribution in [3.8, 4) is 5.75 Å². The summed E-state index contributed by atoms with van der Waals surface area (Å²) < 4.78 is 57.1. The largest absolute Gasteiger partial charge is 0.480 e. The van der Waals surface area contributed by atoms with E-state index in [0.717, 1.165) is 4.90 Å². The van der Waals surface area contributed by atoms with Crippen molar-refractivity contribution < 1.29 is 37.0 Å². The first-order chi connectivity index (χ1) is 10.1. The molecular weight excluding hydrogens is 310 g/mol. The summed E-state index contributed by atoms with van der Waals surface area (Å²) in [6.07, 6.45) is 0. The van der Waals surface area contributed by atoms with Crippen molar-refractivity contribution in [3.63, 3.8) is 0 Å². The fourth-order valence-electron chi connectivity index (χ4n) is 1.60. The van der Waals surface area contributed by atoms with Gasteiger partial charge in [-0.15, -0.1) is 0 Å². The Morgan fingerprint density at radius 1 is 1.18 bits per heavy atom. The maximum Gasteiger partial charge on any atom is 0.323 e. The molecule has 22 heavy (non-hydrogen) atoms. The predicted molar refractivity (Wildman–Crippen MR) is 66.3 cm³/mol. The van der Waals surface area contributed by atoms with Crippen LogP contribution in [0, 0.1) is 23.3 Å². The SMILES string of the molecule is CC(C)N(CC(=O)O)C(=O)COc1c(F)c(F)cc(F)c1F. The van der Waals surface area contributed by atoms with Crippen molar-refractivity contribution in [2.75, 3.05) is 13.2 Å². The van der Waals surface area contributed by atoms with E-state index in [2.05, 4.69) is 4.74 Å². The van der Waals surface area contributed by atoms with Crippen molar-refractivity contribution in [3.05, 3.63) is 29.3 Å². The number of hydrogen-bond donors (Lipinski definition) is 1. The summed E-state index contributed by atoms with van der Waals surface area (Å²) in [5, 5.41) is 8.67. The van der Waals surface area contributed by atoms with Crippen LogP contribution in [0.1, 0.15) is 13.8 Å². The number of amides is 1. The van der Waals surface area contributed by atoms with Gasteiger partial charge in [-0.2, -0.15) is 8.78 Å². The molecule has 0 radical (unpaired) electrons. The summed E-state index contributed by atoms with van der Waals surface area (Å²) in [4.78, 5) is 23.3. The molecule has 0 aliphatic rings. The molecule has 0 fully saturated rings. The Labute approximate surface area is 123 Å². The molecule has 0 bridgehead atoms. The van der Waals surface area contributed by atoms with Crippen LogP contribution >= 0.6 is 0 Å². The number of carbonyl (C=O) groups excluding carboxylic acids is 1. The van der Waals surface area contributed by atoms with Gasteiger partial charge < -0.3 is 14.7 Å². The second-order valence-electron chi connectivity index (χ2n) is 4.60. The topological polar surface area (TPSA) is 66.8 Å². The maximum absolute atomic E-state index is 13.3. The number of ether oxygens (including phenoxy) is 1. The third-order valence-electron chi connectivity index (χ3n) is 2.66. The summed E-state index contributed by atoms with van der Waals surface area (Å²) in [6.45, 7) is 1.41. The van der Waals surface area contributed by atoms with E-state index in [-0.39, 0.29) is 6.07 Å². The number of aliphatic carboxylic acids is 1. The zero-order valence-corrected chi connectivity index (χ0v) is 11.7. The number of halogens is 4. The van der Waals surface area contributed by atoms with Gasteiger partial charge in [0.1, 0.15) is 6.54 Å². The van der Waals surface area contributed by atoms with Crippen molar-refractivity contribution in [2.24, 2.45) is 0 Å². The highest BCUT2D eigenvalue weighted by Crippen LogP contribution is 2.26. The number of hydrogen-bond acceptors (Lipinski definition) is 3. The van der Waals surface area contributed by atoms with Crippen LogP contribution < -0.4 is 4.74 Å². The van der Waals surface area contributed by atoms with E-state index < -0.39 is 60.1 Å². The number of rotatable bonds is 6. The lowest BCUT2D eigenvalue weighted by Crippen LogP contribution is -2.43. The predicted octanol–water partition coefficient (Wildman–Crippen LogP) is 1.94. The average molecular weight is 323 g/mol. The lowest BCUT2D eigenvalue weighted by Gasteiger charge is -2.24. The van der Waals surface area contributed by atoms with E-state index in [1.807, 2.05) is 0 Å². The van der Waals surface area contributed by atoms with Crippen LogP contribution in [0.4, 0.5) is 17.6 Å². The Bertz CT molecular complexity index is 566. The lowest BCUT2D eigenvalue weighted by molar-refractivity contribution is -0.146. The Kier molecular flexibility index (Phi) is 5.72. The van der Waals surface area contributed by atoms with Gasteiger partial charge in [-0.05, 0) is 13.8 Å². The van der Waals surface area contributed by atoms with Crippen LogP contribution in [-0.4, -0.2) is 41.1 Å². The molecule has 122 valence electrons. The summed E-state index contributed by atoms with van der Waals surface area (Å²) in [6, 6.07) is -0.518. The number of nitrogens with zero attached hydrogens (tertiary/aromatic N) is 1. The van der Waals surface area contributed by atoms with Gasteiger partial charge in [0, 0.05) is 12.1 Å². The minimum absolute atomic E-state index is 0.00416. The maximum atomic E-state index is 13.3. The number of carbonyl (C=O) groups is 2. The van der Waals surface area contributed by atoms with Gasteiger partial charge in [-0.25, -0.2) is 8.78 Å². The molecule has 1 amide bonds. The highest BCUT2D eigenvalue weighted by molar-refractivity contribution is 5.82. The van der Waals surface area contributed by atoms with Crippen LogP contribution in [0.2, 0.25) is 0 Å². The van der Waals surface area contributed by atoms with Crippen LogP contribution in [-0.2, 0) is 9.59 Å². The lowest BCUT2D eigenvalue weighted by atomic mass is 10.3. The zero-order chi connectivity index (χ0) is 17.0. The molecule has 1 rings (SSSR count). The van der Waals surface area contributed by atoms with E-state index >= 15 is 0 Å². The molecule has 0 heterocycles. The molecule has 0 saturated carbocycles. The number of benzene rings is 1. The molecule has 1 N–H and O–H groups in total. The van der Waals surface area contributed by atoms with Crippen molar-refractivity contribution in [2.45, 2.75) is 19.9 Å². The first-order valence-electron chi connectivity index (χ1n) is 6.12. The Morgan fingerprint density at radius 2 is 1.68 bits per heavy atom. The summed E-state index contributed by atoms with van der Waals surface area (Å²) in [5.41, 5.74) is 0. The van der Waals surface area contributed by atoms with Crippen LogP contribution in [0.5, 0.6) is 5.75 Å². The molecule has 0 aliphatic heterocycles. The number of carboxylic acids is 1. The fraction of sp³-hybridized carbons (Fsp3) is 0.385. The smallest absolute Gasteiger partial charge is 0.323 e. The Morgan fingerprint density at radius 3 is 2.09 bits per heavy atom. The second-order valence-corrected chi connectivity index (χ2v) is 4.60. The van der Waals surface area contributed by atoms with Gasteiger partial charge in [0.2, 0.25) is 11.6 Å². The van der Waals surface area contributed by atoms with Gasteiger partial charge in [0.25, 0.3) is 5.91 Å². The molecule has 0 spiro atoms. The number of carboxylic acid groups (broad SMARTS) is 1. The monoisotopic (exact) mass is 323 g/mol. The Balaban J connectivity index is 2.89. The zero-order valence-electron chi connectivity index (χ0n) is 11.7. The van der Waals surface area contributed by atoms with Crippen molar-refractivity contribution >= 4 is 11.9 Å². The molecule has 0 aliphatic carbocycles. The summed E-state index contributed by atoms with van der Waals surface area (Å²) in [5.74, 6) is -10.5. The molecule has 1 aromatic rings. The summed E-state index contributed by atoms with van der Waals surface area (Å²) in [7, 11) is 0. The van der Waals surface area contributed by atoms with E-state index in [1.54, 1.807) is 0 Å². The molecule has 0 unspecified atom stereocenters. The van der Waals surface area contributed by atoms with Crippen LogP contribution in [0.25, 0.3) is 0 Å². The van der Waals surface area contributed by atoms with Gasteiger partial charge in [-0.3, -0.25) is 9.59 Å². The Hall–Kier alpha value is -2.32. The first kappa shape index (κ1) is 17.7. The van der Waals surface area contributed by atoms with Crippen molar-refractivity contribution in [1.29, 1.82) is 0 Å². The first-order valence-corrected chi connectivity index (χ1v) is 6.12. The second kappa shape index (κ2) is 7.10. The van der Waals surface area contributed by atoms with Gasteiger partial charge in [-0.1, -0.05) is 0 Å². The standard InChI is InChI=1S/C13H13F4NO4/c1-6(2)18(4-10(20)21)9(19)5-22-13-11(16)7(14)3-8(15)12(13)17/h3,6H,4-5H2,1-2H3,(H,20,21). The van der Waals surface area contributed by atoms with Gasteiger partial charge in [0.15, 0.2) is 24.0 Å². The fourth-order valence-corrected chi connectivity index (χ4v) is 1.60. The highest BCUT2D eigenvalue weighted by atomic mass is 19.2. The van der Waals surface area contributed by atoms with E-state index in [0.29, 0.717) is 0 Å². The quantitative estimate of drug-likeness (QED) is 0.642. The highest BCUT2D eigenvalue weighted by Gasteiger charge is 2.24. The van der Waals surface area contributed by atoms with Crippen LogP contribution in [0.15, 0.2) is 6.07 Å². The molecule has 9 heteroatoms. The third-order valence-corrected chi connectivity index (χ3v) is 2.66. The molecule has 1 aromatic carbocycles. The average Bonchev–Trinajstić information content (AvgIpc) is 2.41. The molecular formula is C13H13F4NO4. The normalized spacial score (nSPS) is 10.7. The minimum Gasteiger partial charge on any atom is -0.480 e. The molecule has 5 nitrogen and oxygen atoms in total. The van der Waals surface area contributed by atoms with Crippen LogP contribution in [0.3, 0.4) is 0 Å². The molecule has 0 atom stereocenters. The van der Waals surface area contributed by atoms with Gasteiger partial charge in [0.05, 0.1) is 0 Å². The van der Waals surface area contributed by atoms with E-state index in [4.69, 9.17) is 5.11 Å². The van der Waals surface area contributed by atoms with Gasteiger partial charge >= 0.3 is 5.97 Å². The molecule has 0 aromatic heterocycles. The van der Waals surface area contributed by atoms with E-state index in [1.165, 1.54) is 13.8 Å². The summed E-state index contributed by atoms with van der Waals surface area (Å²) >= 11 is 0. The minimum atomic E-state index is -1.78. The van der Waals surface area contributed by atoms with Crippen molar-refractivity contribution in [1.82, 2.24) is 4.90 Å². The molecule has 0 saturated heterocycles. The van der Waals surface area contributed by atoms with E-state index in [9.17, 15) is 27.2 Å².